The summed E-state index contributed by atoms with van der Waals surface area (Å²) in [5.74, 6) is 0.317. The van der Waals surface area contributed by atoms with Crippen LogP contribution in [0.4, 0.5) is 5.69 Å². The van der Waals surface area contributed by atoms with Gasteiger partial charge in [-0.15, -0.1) is 0 Å². The molecule has 1 atom stereocenters. The van der Waals surface area contributed by atoms with E-state index in [2.05, 4.69) is 22.3 Å². The Balaban J connectivity index is 1.43. The van der Waals surface area contributed by atoms with Crippen molar-refractivity contribution >= 4 is 22.5 Å². The molecule has 2 aromatic rings. The number of rotatable bonds is 4. The van der Waals surface area contributed by atoms with Gasteiger partial charge in [0.15, 0.2) is 0 Å². The number of likely N-dealkylation sites (tertiary alicyclic amines) is 1. The summed E-state index contributed by atoms with van der Waals surface area (Å²) in [6, 6.07) is 10.1. The molecule has 144 valence electrons. The van der Waals surface area contributed by atoms with Crippen LogP contribution < -0.4 is 5.32 Å². The van der Waals surface area contributed by atoms with Gasteiger partial charge in [0, 0.05) is 30.1 Å². The van der Waals surface area contributed by atoms with Crippen LogP contribution in [0.25, 0.3) is 10.9 Å². The molecule has 2 aliphatic rings. The number of aliphatic hydroxyl groups excluding tert-OH is 1. The average molecular weight is 367 g/mol. The normalized spacial score (nSPS) is 22.0. The third-order valence-electron chi connectivity index (χ3n) is 5.86. The van der Waals surface area contributed by atoms with Crippen LogP contribution >= 0.6 is 0 Å². The fraction of sp³-hybridized carbons (Fsp3) is 0.545. The van der Waals surface area contributed by atoms with Gasteiger partial charge in [0.25, 0.3) is 0 Å². The molecule has 5 nitrogen and oxygen atoms in total. The topological polar surface area (TPSA) is 65.5 Å². The summed E-state index contributed by atoms with van der Waals surface area (Å²) in [4.78, 5) is 19.5. The van der Waals surface area contributed by atoms with Crippen LogP contribution in [0.3, 0.4) is 0 Å². The Morgan fingerprint density at radius 2 is 1.96 bits per heavy atom. The maximum Gasteiger partial charge on any atom is 0.227 e. The minimum atomic E-state index is -0.213. The molecule has 5 heteroatoms. The van der Waals surface area contributed by atoms with E-state index in [1.165, 1.54) is 6.42 Å². The van der Waals surface area contributed by atoms with Crippen LogP contribution in [0, 0.1) is 5.92 Å². The number of amides is 1. The number of aromatic nitrogens is 1. The molecule has 4 rings (SSSR count). The van der Waals surface area contributed by atoms with Crippen LogP contribution in [-0.4, -0.2) is 40.1 Å². The average Bonchev–Trinajstić information content (AvgIpc) is 2.69. The molecule has 1 saturated carbocycles. The summed E-state index contributed by atoms with van der Waals surface area (Å²) in [5, 5.41) is 14.0. The quantitative estimate of drug-likeness (QED) is 0.865. The maximum absolute atomic E-state index is 12.5. The van der Waals surface area contributed by atoms with Crippen LogP contribution in [0.5, 0.6) is 0 Å². The van der Waals surface area contributed by atoms with Gasteiger partial charge in [-0.25, -0.2) is 0 Å². The summed E-state index contributed by atoms with van der Waals surface area (Å²) in [7, 11) is 0. The maximum atomic E-state index is 12.5. The number of benzene rings is 1. The van der Waals surface area contributed by atoms with Gasteiger partial charge in [-0.1, -0.05) is 25.3 Å². The van der Waals surface area contributed by atoms with E-state index >= 15 is 0 Å². The Morgan fingerprint density at radius 3 is 2.78 bits per heavy atom. The minimum Gasteiger partial charge on any atom is -0.392 e. The summed E-state index contributed by atoms with van der Waals surface area (Å²) >= 11 is 0. The molecular formula is C22H29N3O2. The summed E-state index contributed by atoms with van der Waals surface area (Å²) < 4.78 is 0. The Labute approximate surface area is 160 Å². The lowest BCUT2D eigenvalue weighted by molar-refractivity contribution is -0.120. The highest BCUT2D eigenvalue weighted by molar-refractivity contribution is 5.95. The SMILES string of the molecule is O=C(Nc1ccc2nc(CN3CCCC(O)C3)ccc2c1)C1CCCCC1. The first-order valence-electron chi connectivity index (χ1n) is 10.3. The molecule has 0 bridgehead atoms. The number of nitrogens with one attached hydrogen (secondary N) is 1. The molecule has 0 radical (unpaired) electrons. The summed E-state index contributed by atoms with van der Waals surface area (Å²) in [6.07, 6.45) is 7.33. The molecule has 1 saturated heterocycles. The van der Waals surface area contributed by atoms with E-state index in [0.717, 1.165) is 80.4 Å². The number of nitrogens with zero attached hydrogens (tertiary/aromatic N) is 2. The van der Waals surface area contributed by atoms with Gasteiger partial charge in [0.05, 0.1) is 17.3 Å². The lowest BCUT2D eigenvalue weighted by atomic mass is 9.88. The molecule has 0 spiro atoms. The highest BCUT2D eigenvalue weighted by atomic mass is 16.3. The zero-order valence-electron chi connectivity index (χ0n) is 15.9. The zero-order valence-corrected chi connectivity index (χ0v) is 15.9. The van der Waals surface area contributed by atoms with Crippen molar-refractivity contribution in [2.24, 2.45) is 5.92 Å². The number of hydrogen-bond acceptors (Lipinski definition) is 4. The molecule has 1 aromatic carbocycles. The molecule has 2 fully saturated rings. The van der Waals surface area contributed by atoms with E-state index in [1.54, 1.807) is 0 Å². The van der Waals surface area contributed by atoms with Crippen molar-refractivity contribution in [3.05, 3.63) is 36.0 Å². The molecular weight excluding hydrogens is 338 g/mol. The Kier molecular flexibility index (Phi) is 5.69. The first-order chi connectivity index (χ1) is 13.2. The van der Waals surface area contributed by atoms with Crippen LogP contribution in [0.2, 0.25) is 0 Å². The van der Waals surface area contributed by atoms with Crippen LogP contribution in [0.1, 0.15) is 50.6 Å². The van der Waals surface area contributed by atoms with Crippen molar-refractivity contribution in [1.82, 2.24) is 9.88 Å². The fourth-order valence-electron chi connectivity index (χ4n) is 4.35. The van der Waals surface area contributed by atoms with Crippen LogP contribution in [-0.2, 0) is 11.3 Å². The number of piperidine rings is 1. The van der Waals surface area contributed by atoms with Gasteiger partial charge in [-0.3, -0.25) is 14.7 Å². The number of anilines is 1. The number of fused-ring (bicyclic) bond motifs is 1. The minimum absolute atomic E-state index is 0.155. The molecule has 1 unspecified atom stereocenters. The number of hydrogen-bond donors (Lipinski definition) is 2. The lowest BCUT2D eigenvalue weighted by Crippen LogP contribution is -2.37. The van der Waals surface area contributed by atoms with E-state index in [4.69, 9.17) is 4.98 Å². The van der Waals surface area contributed by atoms with Gasteiger partial charge < -0.3 is 10.4 Å². The number of aliphatic hydroxyl groups is 1. The van der Waals surface area contributed by atoms with Crippen molar-refractivity contribution in [3.63, 3.8) is 0 Å². The number of carbonyl (C=O) groups excluding carboxylic acids is 1. The monoisotopic (exact) mass is 367 g/mol. The summed E-state index contributed by atoms with van der Waals surface area (Å²) in [5.41, 5.74) is 2.82. The van der Waals surface area contributed by atoms with E-state index in [1.807, 2.05) is 18.2 Å². The summed E-state index contributed by atoms with van der Waals surface area (Å²) in [6.45, 7) is 2.52. The Morgan fingerprint density at radius 1 is 1.11 bits per heavy atom. The molecule has 27 heavy (non-hydrogen) atoms. The van der Waals surface area contributed by atoms with E-state index in [0.29, 0.717) is 0 Å². The predicted molar refractivity (Wildman–Crippen MR) is 107 cm³/mol. The largest absolute Gasteiger partial charge is 0.392 e. The third kappa shape index (κ3) is 4.66. The number of carbonyl (C=O) groups is 1. The van der Waals surface area contributed by atoms with Crippen molar-refractivity contribution in [2.45, 2.75) is 57.6 Å². The van der Waals surface area contributed by atoms with Crippen molar-refractivity contribution in [2.75, 3.05) is 18.4 Å². The molecule has 2 heterocycles. The zero-order chi connectivity index (χ0) is 18.6. The van der Waals surface area contributed by atoms with Crippen molar-refractivity contribution < 1.29 is 9.90 Å². The van der Waals surface area contributed by atoms with E-state index in [-0.39, 0.29) is 17.9 Å². The van der Waals surface area contributed by atoms with Gasteiger partial charge in [-0.2, -0.15) is 0 Å². The number of pyridine rings is 1. The molecule has 2 N–H and O–H groups in total. The van der Waals surface area contributed by atoms with Gasteiger partial charge in [0.2, 0.25) is 5.91 Å². The highest BCUT2D eigenvalue weighted by Gasteiger charge is 2.21. The highest BCUT2D eigenvalue weighted by Crippen LogP contribution is 2.26. The van der Waals surface area contributed by atoms with Crippen molar-refractivity contribution in [1.29, 1.82) is 0 Å². The Bertz CT molecular complexity index is 801. The van der Waals surface area contributed by atoms with Gasteiger partial charge in [-0.05, 0) is 56.5 Å². The Hall–Kier alpha value is -1.98. The first-order valence-corrected chi connectivity index (χ1v) is 10.3. The van der Waals surface area contributed by atoms with Gasteiger partial charge >= 0.3 is 0 Å². The van der Waals surface area contributed by atoms with E-state index < -0.39 is 0 Å². The fourth-order valence-corrected chi connectivity index (χ4v) is 4.35. The van der Waals surface area contributed by atoms with Crippen molar-refractivity contribution in [3.8, 4) is 0 Å². The molecule has 1 amide bonds. The van der Waals surface area contributed by atoms with E-state index in [9.17, 15) is 9.90 Å². The molecule has 1 aliphatic heterocycles. The number of β-amino-alcohol motifs (C(OH)–C–C–N with tert-alkyl or cyclic N) is 1. The van der Waals surface area contributed by atoms with Crippen LogP contribution in [0.15, 0.2) is 30.3 Å². The molecule has 1 aliphatic carbocycles. The lowest BCUT2D eigenvalue weighted by Gasteiger charge is -2.29. The molecule has 1 aromatic heterocycles. The standard InChI is InChI=1S/C22H29N3O2/c26-20-7-4-12-25(15-20)14-19-9-8-17-13-18(10-11-21(17)23-19)24-22(27)16-5-2-1-3-6-16/h8-11,13,16,20,26H,1-7,12,14-15H2,(H,24,27). The van der Waals surface area contributed by atoms with Gasteiger partial charge in [0.1, 0.15) is 0 Å². The predicted octanol–water partition coefficient (Wildman–Crippen LogP) is 3.71. The third-order valence-corrected chi connectivity index (χ3v) is 5.86. The second-order valence-corrected chi connectivity index (χ2v) is 8.07. The second kappa shape index (κ2) is 8.36. The smallest absolute Gasteiger partial charge is 0.227 e. The second-order valence-electron chi connectivity index (χ2n) is 8.07. The first kappa shape index (κ1) is 18.4.